The molecule has 2 N–H and O–H groups in total. The predicted molar refractivity (Wildman–Crippen MR) is 59.9 cm³/mol. The Morgan fingerprint density at radius 2 is 2.00 bits per heavy atom. The summed E-state index contributed by atoms with van der Waals surface area (Å²) in [4.78, 5) is 0. The van der Waals surface area contributed by atoms with Crippen LogP contribution >= 0.6 is 0 Å². The second-order valence-electron chi connectivity index (χ2n) is 3.33. The number of aromatic hydroxyl groups is 1. The standard InChI is InChI=1S/C12H15NO/c1-4-8(2)10-5-6-11(9(3)13)12(14)7-10/h4-7,13-14H,1-3H3/b8-4+,13-9?. The SMILES string of the molecule is C/C=C(\C)c1ccc(C(C)=N)c(O)c1. The highest BCUT2D eigenvalue weighted by Gasteiger charge is 2.04. The lowest BCUT2D eigenvalue weighted by atomic mass is 10.0. The predicted octanol–water partition coefficient (Wildman–Crippen LogP) is 3.20. The molecule has 2 heteroatoms. The van der Waals surface area contributed by atoms with Crippen LogP contribution in [0, 0.1) is 5.41 Å². The second-order valence-corrected chi connectivity index (χ2v) is 3.33. The molecule has 0 unspecified atom stereocenters. The summed E-state index contributed by atoms with van der Waals surface area (Å²) in [6.07, 6.45) is 1.99. The van der Waals surface area contributed by atoms with E-state index in [-0.39, 0.29) is 5.75 Å². The lowest BCUT2D eigenvalue weighted by molar-refractivity contribution is 0.474. The van der Waals surface area contributed by atoms with Gasteiger partial charge in [0, 0.05) is 11.3 Å². The zero-order valence-corrected chi connectivity index (χ0v) is 8.76. The summed E-state index contributed by atoms with van der Waals surface area (Å²) in [6, 6.07) is 5.39. The van der Waals surface area contributed by atoms with Gasteiger partial charge in [0.1, 0.15) is 5.75 Å². The monoisotopic (exact) mass is 189 g/mol. The van der Waals surface area contributed by atoms with Crippen LogP contribution in [0.2, 0.25) is 0 Å². The smallest absolute Gasteiger partial charge is 0.125 e. The van der Waals surface area contributed by atoms with Gasteiger partial charge in [-0.05, 0) is 44.0 Å². The molecular formula is C12H15NO. The number of phenols is 1. The Kier molecular flexibility index (Phi) is 3.07. The summed E-state index contributed by atoms with van der Waals surface area (Å²) in [6.45, 7) is 5.62. The van der Waals surface area contributed by atoms with Crippen LogP contribution < -0.4 is 0 Å². The summed E-state index contributed by atoms with van der Waals surface area (Å²) < 4.78 is 0. The molecular weight excluding hydrogens is 174 g/mol. The molecule has 0 aliphatic heterocycles. The van der Waals surface area contributed by atoms with Crippen molar-refractivity contribution in [2.24, 2.45) is 0 Å². The number of allylic oxidation sites excluding steroid dienone is 2. The molecule has 2 nitrogen and oxygen atoms in total. The van der Waals surface area contributed by atoms with Crippen LogP contribution in [0.15, 0.2) is 24.3 Å². The van der Waals surface area contributed by atoms with Gasteiger partial charge in [0.15, 0.2) is 0 Å². The van der Waals surface area contributed by atoms with Crippen molar-refractivity contribution in [1.29, 1.82) is 5.41 Å². The van der Waals surface area contributed by atoms with Crippen molar-refractivity contribution in [3.8, 4) is 5.75 Å². The number of hydrogen-bond donors (Lipinski definition) is 2. The minimum Gasteiger partial charge on any atom is -0.507 e. The highest BCUT2D eigenvalue weighted by atomic mass is 16.3. The van der Waals surface area contributed by atoms with Crippen LogP contribution in [0.5, 0.6) is 5.75 Å². The topological polar surface area (TPSA) is 44.1 Å². The Balaban J connectivity index is 3.19. The highest BCUT2D eigenvalue weighted by molar-refractivity contribution is 5.99. The third-order valence-electron chi connectivity index (χ3n) is 2.29. The lowest BCUT2D eigenvalue weighted by Gasteiger charge is -2.06. The molecule has 1 aromatic rings. The Morgan fingerprint density at radius 3 is 2.43 bits per heavy atom. The largest absolute Gasteiger partial charge is 0.507 e. The van der Waals surface area contributed by atoms with E-state index in [1.165, 1.54) is 0 Å². The Morgan fingerprint density at radius 1 is 1.36 bits per heavy atom. The minimum atomic E-state index is 0.177. The maximum atomic E-state index is 9.64. The van der Waals surface area contributed by atoms with E-state index in [1.807, 2.05) is 26.0 Å². The van der Waals surface area contributed by atoms with E-state index >= 15 is 0 Å². The van der Waals surface area contributed by atoms with Gasteiger partial charge in [-0.25, -0.2) is 0 Å². The van der Waals surface area contributed by atoms with Gasteiger partial charge in [0.25, 0.3) is 0 Å². The van der Waals surface area contributed by atoms with Crippen molar-refractivity contribution >= 4 is 11.3 Å². The lowest BCUT2D eigenvalue weighted by Crippen LogP contribution is -1.93. The molecule has 0 heterocycles. The minimum absolute atomic E-state index is 0.177. The third-order valence-corrected chi connectivity index (χ3v) is 2.29. The van der Waals surface area contributed by atoms with Gasteiger partial charge >= 0.3 is 0 Å². The number of benzene rings is 1. The van der Waals surface area contributed by atoms with Crippen molar-refractivity contribution in [3.63, 3.8) is 0 Å². The molecule has 0 fully saturated rings. The van der Waals surface area contributed by atoms with Crippen molar-refractivity contribution in [2.75, 3.05) is 0 Å². The van der Waals surface area contributed by atoms with Crippen molar-refractivity contribution in [2.45, 2.75) is 20.8 Å². The Hall–Kier alpha value is -1.57. The molecule has 74 valence electrons. The first kappa shape index (κ1) is 10.5. The first-order valence-electron chi connectivity index (χ1n) is 4.58. The molecule has 0 saturated heterocycles. The maximum Gasteiger partial charge on any atom is 0.125 e. The molecule has 0 aliphatic carbocycles. The van der Waals surface area contributed by atoms with E-state index in [0.717, 1.165) is 11.1 Å². The number of rotatable bonds is 2. The normalized spacial score (nSPS) is 11.5. The van der Waals surface area contributed by atoms with Crippen LogP contribution in [0.4, 0.5) is 0 Å². The van der Waals surface area contributed by atoms with Crippen LogP contribution in [-0.2, 0) is 0 Å². The molecule has 0 amide bonds. The molecule has 0 saturated carbocycles. The zero-order valence-electron chi connectivity index (χ0n) is 8.76. The van der Waals surface area contributed by atoms with Gasteiger partial charge in [0.05, 0.1) is 0 Å². The van der Waals surface area contributed by atoms with E-state index in [9.17, 15) is 5.11 Å². The first-order chi connectivity index (χ1) is 6.56. The van der Waals surface area contributed by atoms with Gasteiger partial charge in [0.2, 0.25) is 0 Å². The number of hydrogen-bond acceptors (Lipinski definition) is 2. The summed E-state index contributed by atoms with van der Waals surface area (Å²) in [5.41, 5.74) is 3.09. The van der Waals surface area contributed by atoms with Gasteiger partial charge in [-0.3, -0.25) is 0 Å². The molecule has 0 radical (unpaired) electrons. The fraction of sp³-hybridized carbons (Fsp3) is 0.250. The van der Waals surface area contributed by atoms with Crippen LogP contribution in [0.3, 0.4) is 0 Å². The van der Waals surface area contributed by atoms with Crippen LogP contribution in [0.1, 0.15) is 31.9 Å². The molecule has 1 aromatic carbocycles. The molecule has 1 rings (SSSR count). The van der Waals surface area contributed by atoms with Crippen LogP contribution in [-0.4, -0.2) is 10.8 Å². The van der Waals surface area contributed by atoms with E-state index in [4.69, 9.17) is 5.41 Å². The summed E-state index contributed by atoms with van der Waals surface area (Å²) in [7, 11) is 0. The Labute approximate surface area is 84.4 Å². The molecule has 0 bridgehead atoms. The fourth-order valence-corrected chi connectivity index (χ4v) is 1.26. The van der Waals surface area contributed by atoms with E-state index in [1.54, 1.807) is 19.1 Å². The average molecular weight is 189 g/mol. The van der Waals surface area contributed by atoms with E-state index < -0.39 is 0 Å². The van der Waals surface area contributed by atoms with Gasteiger partial charge in [-0.15, -0.1) is 0 Å². The maximum absolute atomic E-state index is 9.64. The molecule has 0 atom stereocenters. The second kappa shape index (κ2) is 4.09. The van der Waals surface area contributed by atoms with Crippen molar-refractivity contribution < 1.29 is 5.11 Å². The van der Waals surface area contributed by atoms with E-state index in [0.29, 0.717) is 11.3 Å². The average Bonchev–Trinajstić information content (AvgIpc) is 2.15. The first-order valence-corrected chi connectivity index (χ1v) is 4.58. The molecule has 0 aromatic heterocycles. The highest BCUT2D eigenvalue weighted by Crippen LogP contribution is 2.23. The summed E-state index contributed by atoms with van der Waals surface area (Å²) in [5, 5.41) is 17.1. The quantitative estimate of drug-likeness (QED) is 0.689. The van der Waals surface area contributed by atoms with Crippen molar-refractivity contribution in [1.82, 2.24) is 0 Å². The fourth-order valence-electron chi connectivity index (χ4n) is 1.26. The number of nitrogens with one attached hydrogen (secondary N) is 1. The molecule has 0 aliphatic rings. The van der Waals surface area contributed by atoms with Crippen LogP contribution in [0.25, 0.3) is 5.57 Å². The van der Waals surface area contributed by atoms with Gasteiger partial charge in [-0.2, -0.15) is 0 Å². The van der Waals surface area contributed by atoms with Gasteiger partial charge in [-0.1, -0.05) is 12.1 Å². The number of phenolic OH excluding ortho intramolecular Hbond substituents is 1. The van der Waals surface area contributed by atoms with Gasteiger partial charge < -0.3 is 10.5 Å². The summed E-state index contributed by atoms with van der Waals surface area (Å²) in [5.74, 6) is 0.177. The third kappa shape index (κ3) is 2.02. The summed E-state index contributed by atoms with van der Waals surface area (Å²) >= 11 is 0. The van der Waals surface area contributed by atoms with E-state index in [2.05, 4.69) is 0 Å². The Bertz CT molecular complexity index is 391. The molecule has 14 heavy (non-hydrogen) atoms. The van der Waals surface area contributed by atoms with Crippen molar-refractivity contribution in [3.05, 3.63) is 35.4 Å². The molecule has 0 spiro atoms. The zero-order chi connectivity index (χ0) is 10.7.